The Bertz CT molecular complexity index is 496. The summed E-state index contributed by atoms with van der Waals surface area (Å²) in [6, 6.07) is 5.37. The van der Waals surface area contributed by atoms with Crippen molar-refractivity contribution in [2.75, 3.05) is 25.0 Å². The maximum Gasteiger partial charge on any atom is 0.231 e. The van der Waals surface area contributed by atoms with E-state index in [0.717, 1.165) is 25.9 Å². The van der Waals surface area contributed by atoms with Gasteiger partial charge in [-0.15, -0.1) is 0 Å². The molecule has 0 spiro atoms. The van der Waals surface area contributed by atoms with E-state index in [1.54, 1.807) is 12.1 Å². The zero-order valence-electron chi connectivity index (χ0n) is 12.7. The van der Waals surface area contributed by atoms with Gasteiger partial charge in [0, 0.05) is 17.8 Å². The normalized spacial score (nSPS) is 21.3. The van der Waals surface area contributed by atoms with Gasteiger partial charge in [0.2, 0.25) is 5.91 Å². The van der Waals surface area contributed by atoms with Gasteiger partial charge in [-0.05, 0) is 44.5 Å². The standard InChI is InChI=1S/C16H24N2O3/c1-3-16(7-8-17-11-16)15(20)18-13-5-6-14(21-4-2)12(9-13)10-19/h5-6,9,17,19H,3-4,7-8,10-11H2,1-2H3,(H,18,20). The van der Waals surface area contributed by atoms with E-state index in [0.29, 0.717) is 23.6 Å². The van der Waals surface area contributed by atoms with Crippen LogP contribution in [0.15, 0.2) is 18.2 Å². The molecule has 0 aromatic heterocycles. The van der Waals surface area contributed by atoms with Crippen LogP contribution in [-0.4, -0.2) is 30.7 Å². The molecule has 2 rings (SSSR count). The molecule has 0 saturated carbocycles. The Morgan fingerprint density at radius 1 is 1.48 bits per heavy atom. The van der Waals surface area contributed by atoms with E-state index in [1.165, 1.54) is 0 Å². The lowest BCUT2D eigenvalue weighted by molar-refractivity contribution is -0.124. The quantitative estimate of drug-likeness (QED) is 0.749. The molecule has 1 amide bonds. The number of ether oxygens (including phenoxy) is 1. The lowest BCUT2D eigenvalue weighted by Crippen LogP contribution is -2.37. The number of carbonyl (C=O) groups excluding carboxylic acids is 1. The average Bonchev–Trinajstić information content (AvgIpc) is 2.99. The van der Waals surface area contributed by atoms with Crippen LogP contribution in [0.1, 0.15) is 32.3 Å². The molecule has 21 heavy (non-hydrogen) atoms. The molecule has 0 radical (unpaired) electrons. The fourth-order valence-corrected chi connectivity index (χ4v) is 2.74. The van der Waals surface area contributed by atoms with Gasteiger partial charge in [0.25, 0.3) is 0 Å². The third-order valence-corrected chi connectivity index (χ3v) is 4.19. The van der Waals surface area contributed by atoms with Gasteiger partial charge in [0.05, 0.1) is 18.6 Å². The predicted molar refractivity (Wildman–Crippen MR) is 82.4 cm³/mol. The van der Waals surface area contributed by atoms with E-state index < -0.39 is 0 Å². The molecule has 116 valence electrons. The van der Waals surface area contributed by atoms with Crippen molar-refractivity contribution in [1.82, 2.24) is 5.32 Å². The summed E-state index contributed by atoms with van der Waals surface area (Å²) in [4.78, 5) is 12.5. The van der Waals surface area contributed by atoms with E-state index in [1.807, 2.05) is 19.9 Å². The number of rotatable bonds is 6. The minimum Gasteiger partial charge on any atom is -0.494 e. The number of benzene rings is 1. The molecule has 5 heteroatoms. The fraction of sp³-hybridized carbons (Fsp3) is 0.562. The van der Waals surface area contributed by atoms with E-state index in [9.17, 15) is 9.90 Å². The van der Waals surface area contributed by atoms with E-state index in [4.69, 9.17) is 4.74 Å². The highest BCUT2D eigenvalue weighted by Crippen LogP contribution is 2.31. The topological polar surface area (TPSA) is 70.6 Å². The van der Waals surface area contributed by atoms with E-state index in [2.05, 4.69) is 10.6 Å². The fourth-order valence-electron chi connectivity index (χ4n) is 2.74. The highest BCUT2D eigenvalue weighted by Gasteiger charge is 2.39. The summed E-state index contributed by atoms with van der Waals surface area (Å²) in [5.41, 5.74) is 1.06. The Labute approximate surface area is 125 Å². The molecule has 5 nitrogen and oxygen atoms in total. The third-order valence-electron chi connectivity index (χ3n) is 4.19. The SMILES string of the molecule is CCOc1ccc(NC(=O)C2(CC)CCNC2)cc1CO. The number of carbonyl (C=O) groups is 1. The Hall–Kier alpha value is -1.59. The molecule has 0 aliphatic carbocycles. The number of amides is 1. The van der Waals surface area contributed by atoms with Gasteiger partial charge >= 0.3 is 0 Å². The summed E-state index contributed by atoms with van der Waals surface area (Å²) >= 11 is 0. The molecule has 1 saturated heterocycles. The van der Waals surface area contributed by atoms with Gasteiger partial charge in [0.15, 0.2) is 0 Å². The minimum atomic E-state index is -0.321. The second-order valence-electron chi connectivity index (χ2n) is 5.43. The second kappa shape index (κ2) is 6.91. The Morgan fingerprint density at radius 3 is 2.86 bits per heavy atom. The van der Waals surface area contributed by atoms with Gasteiger partial charge < -0.3 is 20.5 Å². The Balaban J connectivity index is 2.14. The van der Waals surface area contributed by atoms with Crippen LogP contribution in [0.5, 0.6) is 5.75 Å². The summed E-state index contributed by atoms with van der Waals surface area (Å²) in [6.45, 7) is 5.98. The summed E-state index contributed by atoms with van der Waals surface area (Å²) in [5.74, 6) is 0.703. The molecule has 0 bridgehead atoms. The van der Waals surface area contributed by atoms with Crippen LogP contribution < -0.4 is 15.4 Å². The molecule has 1 fully saturated rings. The van der Waals surface area contributed by atoms with Gasteiger partial charge in [-0.25, -0.2) is 0 Å². The number of hydrogen-bond acceptors (Lipinski definition) is 4. The molecule has 3 N–H and O–H groups in total. The number of aliphatic hydroxyl groups is 1. The molecule has 1 heterocycles. The Kier molecular flexibility index (Phi) is 5.20. The van der Waals surface area contributed by atoms with Crippen molar-refractivity contribution < 1.29 is 14.6 Å². The third kappa shape index (κ3) is 3.36. The molecule has 1 aliphatic rings. The first-order chi connectivity index (χ1) is 10.1. The van der Waals surface area contributed by atoms with Gasteiger partial charge in [-0.3, -0.25) is 4.79 Å². The number of anilines is 1. The smallest absolute Gasteiger partial charge is 0.231 e. The number of nitrogens with one attached hydrogen (secondary N) is 2. The van der Waals surface area contributed by atoms with Crippen LogP contribution in [0, 0.1) is 5.41 Å². The number of aliphatic hydroxyl groups excluding tert-OH is 1. The summed E-state index contributed by atoms with van der Waals surface area (Å²) < 4.78 is 5.45. The van der Waals surface area contributed by atoms with Crippen LogP contribution in [0.3, 0.4) is 0 Å². The monoisotopic (exact) mass is 292 g/mol. The first-order valence-electron chi connectivity index (χ1n) is 7.54. The molecular formula is C16H24N2O3. The van der Waals surface area contributed by atoms with Crippen molar-refractivity contribution >= 4 is 11.6 Å². The van der Waals surface area contributed by atoms with E-state index in [-0.39, 0.29) is 17.9 Å². The van der Waals surface area contributed by atoms with Crippen molar-refractivity contribution in [3.63, 3.8) is 0 Å². The number of hydrogen-bond donors (Lipinski definition) is 3. The van der Waals surface area contributed by atoms with Crippen molar-refractivity contribution in [2.24, 2.45) is 5.41 Å². The van der Waals surface area contributed by atoms with Crippen LogP contribution >= 0.6 is 0 Å². The van der Waals surface area contributed by atoms with Gasteiger partial charge in [-0.1, -0.05) is 6.92 Å². The average molecular weight is 292 g/mol. The summed E-state index contributed by atoms with van der Waals surface area (Å²) in [6.07, 6.45) is 1.68. The zero-order valence-corrected chi connectivity index (χ0v) is 12.7. The lowest BCUT2D eigenvalue weighted by Gasteiger charge is -2.25. The molecule has 1 atom stereocenters. The summed E-state index contributed by atoms with van der Waals surface area (Å²) in [7, 11) is 0. The largest absolute Gasteiger partial charge is 0.494 e. The molecule has 1 aliphatic heterocycles. The van der Waals surface area contributed by atoms with Crippen LogP contribution in [0.2, 0.25) is 0 Å². The molecular weight excluding hydrogens is 268 g/mol. The molecule has 1 aromatic carbocycles. The van der Waals surface area contributed by atoms with Crippen molar-refractivity contribution in [2.45, 2.75) is 33.3 Å². The second-order valence-corrected chi connectivity index (χ2v) is 5.43. The highest BCUT2D eigenvalue weighted by atomic mass is 16.5. The molecule has 1 aromatic rings. The predicted octanol–water partition coefficient (Wildman–Crippen LogP) is 1.91. The maximum atomic E-state index is 12.5. The highest BCUT2D eigenvalue weighted by molar-refractivity contribution is 5.95. The van der Waals surface area contributed by atoms with E-state index >= 15 is 0 Å². The van der Waals surface area contributed by atoms with Crippen molar-refractivity contribution in [3.05, 3.63) is 23.8 Å². The Morgan fingerprint density at radius 2 is 2.29 bits per heavy atom. The lowest BCUT2D eigenvalue weighted by atomic mass is 9.83. The first-order valence-corrected chi connectivity index (χ1v) is 7.54. The zero-order chi connectivity index (χ0) is 15.3. The summed E-state index contributed by atoms with van der Waals surface area (Å²) in [5, 5.41) is 15.6. The van der Waals surface area contributed by atoms with Crippen LogP contribution in [0.25, 0.3) is 0 Å². The van der Waals surface area contributed by atoms with Crippen molar-refractivity contribution in [3.8, 4) is 5.75 Å². The minimum absolute atomic E-state index is 0.0445. The van der Waals surface area contributed by atoms with Crippen LogP contribution in [0.4, 0.5) is 5.69 Å². The maximum absolute atomic E-state index is 12.5. The van der Waals surface area contributed by atoms with Crippen LogP contribution in [-0.2, 0) is 11.4 Å². The van der Waals surface area contributed by atoms with Gasteiger partial charge in [0.1, 0.15) is 5.75 Å². The first kappa shape index (κ1) is 15.8. The molecule has 1 unspecified atom stereocenters. The van der Waals surface area contributed by atoms with Crippen molar-refractivity contribution in [1.29, 1.82) is 0 Å². The van der Waals surface area contributed by atoms with Gasteiger partial charge in [-0.2, -0.15) is 0 Å².